The van der Waals surface area contributed by atoms with Crippen molar-refractivity contribution in [3.8, 4) is 0 Å². The Bertz CT molecular complexity index is 238. The molecule has 0 bridgehead atoms. The minimum absolute atomic E-state index is 0. The Balaban J connectivity index is 0. The van der Waals surface area contributed by atoms with Gasteiger partial charge in [0.25, 0.3) is 0 Å². The fourth-order valence-corrected chi connectivity index (χ4v) is 0.388. The second kappa shape index (κ2) is 8.09. The van der Waals surface area contributed by atoms with Crippen molar-refractivity contribution in [1.29, 1.82) is 0 Å². The number of anilines is 2. The largest absolute Gasteiger partial charge is 1.00 e. The predicted octanol–water partition coefficient (Wildman–Crippen LogP) is -2.49. The van der Waals surface area contributed by atoms with Crippen molar-refractivity contribution in [2.24, 2.45) is 0 Å². The summed E-state index contributed by atoms with van der Waals surface area (Å²) in [6, 6.07) is 1.58. The second-order valence-corrected chi connectivity index (χ2v) is 1.43. The van der Waals surface area contributed by atoms with Crippen LogP contribution < -0.4 is 41.0 Å². The molecule has 0 aliphatic rings. The topological polar surface area (TPSA) is 137 Å². The van der Waals surface area contributed by atoms with Gasteiger partial charge >= 0.3 is 29.6 Å². The predicted molar refractivity (Wildman–Crippen MR) is 40.9 cm³/mol. The summed E-state index contributed by atoms with van der Waals surface area (Å²) >= 11 is 0. The third-order valence-corrected chi connectivity index (χ3v) is 0.696. The number of hydrogen-bond donors (Lipinski definition) is 2. The zero-order chi connectivity index (χ0) is 8.69. The summed E-state index contributed by atoms with van der Waals surface area (Å²) in [5, 5.41) is 0. The van der Waals surface area contributed by atoms with Crippen LogP contribution in [0.5, 0.6) is 0 Å². The number of hydrogen-bond acceptors (Lipinski definition) is 4. The van der Waals surface area contributed by atoms with Crippen LogP contribution >= 0.6 is 0 Å². The maximum Gasteiger partial charge on any atom is 1.00 e. The van der Waals surface area contributed by atoms with Crippen molar-refractivity contribution in [2.75, 3.05) is 11.5 Å². The average Bonchev–Trinajstić information content (AvgIpc) is 1.88. The van der Waals surface area contributed by atoms with Gasteiger partial charge in [0.15, 0.2) is 0 Å². The molecule has 0 unspecified atom stereocenters. The minimum Gasteiger partial charge on any atom is -0.384 e. The van der Waals surface area contributed by atoms with Crippen LogP contribution in [0.25, 0.3) is 16.0 Å². The standard InChI is InChI=1S/C4H6N4.N3.Na/c5-3-1-2-7-4(6)8-3;1-3-2;/h1-2H,(H4,5,6,7,8);;/q;-1;+1. The van der Waals surface area contributed by atoms with E-state index < -0.39 is 0 Å². The molecule has 8 heteroatoms. The first kappa shape index (κ1) is 13.6. The molecule has 1 aromatic rings. The van der Waals surface area contributed by atoms with E-state index in [1.807, 2.05) is 0 Å². The van der Waals surface area contributed by atoms with Gasteiger partial charge < -0.3 is 22.5 Å². The summed E-state index contributed by atoms with van der Waals surface area (Å²) in [6.07, 6.45) is 1.51. The van der Waals surface area contributed by atoms with Gasteiger partial charge in [-0.3, -0.25) is 4.91 Å². The normalized spacial score (nSPS) is 6.67. The van der Waals surface area contributed by atoms with Gasteiger partial charge in [0, 0.05) is 6.20 Å². The average molecular weight is 175 g/mol. The molecule has 0 fully saturated rings. The quantitative estimate of drug-likeness (QED) is 0.195. The molecule has 58 valence electrons. The van der Waals surface area contributed by atoms with Crippen LogP contribution in [0.3, 0.4) is 0 Å². The third-order valence-electron chi connectivity index (χ3n) is 0.696. The Labute approximate surface area is 90.9 Å². The first-order valence-corrected chi connectivity index (χ1v) is 2.53. The SMILES string of the molecule is Nc1ccnc(N)n1.[N-]=[N+]=[N-].[Na+]. The van der Waals surface area contributed by atoms with Crippen molar-refractivity contribution < 1.29 is 29.6 Å². The van der Waals surface area contributed by atoms with Crippen LogP contribution in [0.15, 0.2) is 12.3 Å². The van der Waals surface area contributed by atoms with Gasteiger partial charge in [0.2, 0.25) is 5.95 Å². The summed E-state index contributed by atoms with van der Waals surface area (Å²) < 4.78 is 0. The first-order valence-electron chi connectivity index (χ1n) is 2.53. The Morgan fingerprint density at radius 3 is 2.08 bits per heavy atom. The third kappa shape index (κ3) is 7.10. The number of aromatic nitrogens is 2. The van der Waals surface area contributed by atoms with Crippen molar-refractivity contribution in [1.82, 2.24) is 9.97 Å². The van der Waals surface area contributed by atoms with E-state index in [4.69, 9.17) is 22.5 Å². The van der Waals surface area contributed by atoms with E-state index in [0.29, 0.717) is 5.82 Å². The fraction of sp³-hybridized carbons (Fsp3) is 0. The van der Waals surface area contributed by atoms with Crippen molar-refractivity contribution in [3.05, 3.63) is 28.2 Å². The zero-order valence-corrected chi connectivity index (χ0v) is 8.55. The summed E-state index contributed by atoms with van der Waals surface area (Å²) in [6.45, 7) is 0. The van der Waals surface area contributed by atoms with E-state index in [9.17, 15) is 0 Å². The molecule has 1 aromatic heterocycles. The molecular weight excluding hydrogens is 169 g/mol. The minimum atomic E-state index is 0. The molecule has 7 nitrogen and oxygen atoms in total. The molecule has 0 saturated heterocycles. The molecule has 0 aromatic carbocycles. The van der Waals surface area contributed by atoms with Gasteiger partial charge in [-0.25, -0.2) is 4.98 Å². The monoisotopic (exact) mass is 175 g/mol. The Hall–Kier alpha value is -1.01. The van der Waals surface area contributed by atoms with E-state index in [1.165, 1.54) is 11.1 Å². The molecule has 12 heavy (non-hydrogen) atoms. The summed E-state index contributed by atoms with van der Waals surface area (Å²) in [5.74, 6) is 0.613. The van der Waals surface area contributed by atoms with E-state index in [2.05, 4.69) is 9.97 Å². The second-order valence-electron chi connectivity index (χ2n) is 1.43. The summed E-state index contributed by atoms with van der Waals surface area (Å²) in [5.41, 5.74) is 23.9. The maximum absolute atomic E-state index is 6.75. The van der Waals surface area contributed by atoms with Crippen molar-refractivity contribution in [3.63, 3.8) is 0 Å². The van der Waals surface area contributed by atoms with Gasteiger partial charge in [0.05, 0.1) is 0 Å². The fourth-order valence-electron chi connectivity index (χ4n) is 0.388. The molecule has 0 spiro atoms. The Kier molecular flexibility index (Phi) is 9.15. The van der Waals surface area contributed by atoms with E-state index in [1.54, 1.807) is 6.07 Å². The number of rotatable bonds is 0. The van der Waals surface area contributed by atoms with Crippen molar-refractivity contribution >= 4 is 11.8 Å². The molecule has 0 aliphatic heterocycles. The van der Waals surface area contributed by atoms with Gasteiger partial charge in [-0.05, 0) is 6.07 Å². The van der Waals surface area contributed by atoms with E-state index in [-0.39, 0.29) is 35.5 Å². The molecule has 0 atom stereocenters. The van der Waals surface area contributed by atoms with Gasteiger partial charge in [-0.2, -0.15) is 4.98 Å². The number of nitrogen functional groups attached to an aromatic ring is 2. The van der Waals surface area contributed by atoms with Crippen LogP contribution in [-0.4, -0.2) is 9.97 Å². The Morgan fingerprint density at radius 2 is 1.83 bits per heavy atom. The van der Waals surface area contributed by atoms with E-state index in [0.717, 1.165) is 0 Å². The molecule has 4 N–H and O–H groups in total. The molecule has 1 heterocycles. The van der Waals surface area contributed by atoms with Crippen molar-refractivity contribution in [2.45, 2.75) is 0 Å². The Morgan fingerprint density at radius 1 is 1.33 bits per heavy atom. The number of nitrogens with zero attached hydrogens (tertiary/aromatic N) is 5. The molecule has 0 saturated carbocycles. The van der Waals surface area contributed by atoms with Gasteiger partial charge in [-0.15, -0.1) is 0 Å². The molecule has 1 rings (SSSR count). The summed E-state index contributed by atoms with van der Waals surface area (Å²) in [4.78, 5) is 8.74. The first-order chi connectivity index (χ1) is 5.20. The van der Waals surface area contributed by atoms with Crippen LogP contribution in [0, 0.1) is 0 Å². The van der Waals surface area contributed by atoms with Gasteiger partial charge in [-0.1, -0.05) is 0 Å². The molecule has 0 radical (unpaired) electrons. The zero-order valence-electron chi connectivity index (χ0n) is 6.55. The molecular formula is C4H6N7Na. The van der Waals surface area contributed by atoms with Crippen LogP contribution in [0.2, 0.25) is 0 Å². The molecule has 0 amide bonds. The van der Waals surface area contributed by atoms with Crippen LogP contribution in [0.4, 0.5) is 11.8 Å². The maximum atomic E-state index is 6.75. The summed E-state index contributed by atoms with van der Waals surface area (Å²) in [7, 11) is 0. The molecule has 0 aliphatic carbocycles. The van der Waals surface area contributed by atoms with Gasteiger partial charge in [0.1, 0.15) is 5.82 Å². The van der Waals surface area contributed by atoms with E-state index >= 15 is 0 Å². The van der Waals surface area contributed by atoms with Crippen LogP contribution in [0.1, 0.15) is 0 Å². The van der Waals surface area contributed by atoms with Crippen LogP contribution in [-0.2, 0) is 0 Å². The number of nitrogens with two attached hydrogens (primary N) is 2. The smallest absolute Gasteiger partial charge is 0.384 e.